The maximum absolute atomic E-state index is 13.9. The molecule has 0 radical (unpaired) electrons. The van der Waals surface area contributed by atoms with Crippen LogP contribution in [-0.4, -0.2) is 71.3 Å². The molecule has 1 N–H and O–H groups in total. The number of nitrogens with zero attached hydrogens (tertiary/aromatic N) is 2. The van der Waals surface area contributed by atoms with Crippen LogP contribution in [0.2, 0.25) is 0 Å². The number of likely N-dealkylation sites (tertiary alicyclic amines) is 1. The van der Waals surface area contributed by atoms with Gasteiger partial charge in [-0.1, -0.05) is 37.6 Å². The van der Waals surface area contributed by atoms with E-state index in [0.29, 0.717) is 55.8 Å². The van der Waals surface area contributed by atoms with Gasteiger partial charge < -0.3 is 19.5 Å². The van der Waals surface area contributed by atoms with E-state index in [4.69, 9.17) is 9.47 Å². The van der Waals surface area contributed by atoms with Crippen LogP contribution in [0.25, 0.3) is 6.08 Å². The van der Waals surface area contributed by atoms with Crippen molar-refractivity contribution in [3.63, 3.8) is 0 Å². The number of carbonyl (C=O) groups is 1. The Hall–Kier alpha value is -3.30. The molecule has 6 rings (SSSR count). The van der Waals surface area contributed by atoms with Gasteiger partial charge in [0, 0.05) is 30.8 Å². The lowest BCUT2D eigenvalue weighted by atomic mass is 9.48. The van der Waals surface area contributed by atoms with E-state index in [1.165, 1.54) is 18.2 Å². The fourth-order valence-electron chi connectivity index (χ4n) is 8.31. The fourth-order valence-corrected chi connectivity index (χ4v) is 8.31. The van der Waals surface area contributed by atoms with E-state index in [0.717, 1.165) is 42.6 Å². The summed E-state index contributed by atoms with van der Waals surface area (Å²) in [5, 5.41) is 12.7. The molecule has 9 heteroatoms. The van der Waals surface area contributed by atoms with E-state index < -0.39 is 28.9 Å². The molecular formula is C34H39F3N2O4. The third kappa shape index (κ3) is 4.58. The third-order valence-corrected chi connectivity index (χ3v) is 10.2. The number of halogens is 3. The normalized spacial score (nSPS) is 29.2. The molecule has 0 unspecified atom stereocenters. The highest BCUT2D eigenvalue weighted by atomic mass is 19.4. The molecular weight excluding hydrogens is 557 g/mol. The number of alkyl halides is 3. The molecule has 2 bridgehead atoms. The average Bonchev–Trinajstić information content (AvgIpc) is 3.34. The number of amides is 1. The van der Waals surface area contributed by atoms with Crippen LogP contribution in [0.15, 0.2) is 55.1 Å². The third-order valence-electron chi connectivity index (χ3n) is 10.2. The van der Waals surface area contributed by atoms with Gasteiger partial charge in [-0.2, -0.15) is 13.2 Å². The first-order valence-electron chi connectivity index (χ1n) is 15.2. The molecule has 2 fully saturated rings. The maximum Gasteiger partial charge on any atom is 0.416 e. The Morgan fingerprint density at radius 3 is 2.81 bits per heavy atom. The number of aliphatic hydroxyl groups is 1. The second kappa shape index (κ2) is 11.0. The topological polar surface area (TPSA) is 62.2 Å². The van der Waals surface area contributed by atoms with E-state index in [9.17, 15) is 23.1 Å². The summed E-state index contributed by atoms with van der Waals surface area (Å²) in [6.07, 6.45) is 3.77. The number of methoxy groups -OCH3 is 1. The summed E-state index contributed by atoms with van der Waals surface area (Å²) in [5.74, 6) is 1.00. The number of ether oxygens (including phenoxy) is 2. The highest BCUT2D eigenvalue weighted by Gasteiger charge is 2.73. The number of hydrogen-bond donors (Lipinski definition) is 1. The van der Waals surface area contributed by atoms with Crippen LogP contribution in [0, 0.1) is 0 Å². The van der Waals surface area contributed by atoms with Crippen molar-refractivity contribution in [1.82, 2.24) is 9.80 Å². The first-order chi connectivity index (χ1) is 20.6. The minimum Gasteiger partial charge on any atom is -0.493 e. The molecule has 0 aromatic heterocycles. The van der Waals surface area contributed by atoms with E-state index in [1.54, 1.807) is 13.2 Å². The average molecular weight is 597 g/mol. The highest BCUT2D eigenvalue weighted by molar-refractivity contribution is 5.92. The first kappa shape index (κ1) is 29.8. The molecule has 5 atom stereocenters. The van der Waals surface area contributed by atoms with Gasteiger partial charge in [0.2, 0.25) is 5.91 Å². The second-order valence-electron chi connectivity index (χ2n) is 12.3. The number of rotatable bonds is 9. The summed E-state index contributed by atoms with van der Waals surface area (Å²) in [7, 11) is 1.61. The summed E-state index contributed by atoms with van der Waals surface area (Å²) in [6.45, 7) is 7.92. The van der Waals surface area contributed by atoms with Crippen LogP contribution in [-0.2, 0) is 22.8 Å². The van der Waals surface area contributed by atoms with E-state index in [1.807, 2.05) is 17.0 Å². The largest absolute Gasteiger partial charge is 0.493 e. The molecule has 2 heterocycles. The van der Waals surface area contributed by atoms with Gasteiger partial charge in [-0.3, -0.25) is 9.69 Å². The predicted octanol–water partition coefficient (Wildman–Crippen LogP) is 5.76. The van der Waals surface area contributed by atoms with Crippen LogP contribution in [0.1, 0.15) is 61.3 Å². The van der Waals surface area contributed by atoms with Crippen LogP contribution < -0.4 is 9.47 Å². The summed E-state index contributed by atoms with van der Waals surface area (Å²) < 4.78 is 52.4. The Bertz CT molecular complexity index is 1440. The molecule has 1 spiro atoms. The molecule has 1 saturated carbocycles. The van der Waals surface area contributed by atoms with Gasteiger partial charge in [0.25, 0.3) is 0 Å². The van der Waals surface area contributed by atoms with Crippen molar-refractivity contribution in [1.29, 1.82) is 0 Å². The molecule has 1 saturated heterocycles. The number of hydrogen-bond acceptors (Lipinski definition) is 5. The molecule has 1 amide bonds. The minimum atomic E-state index is -4.47. The Kier molecular flexibility index (Phi) is 7.62. The SMILES string of the molecule is C=CCN1CC[C@]23c4c5ccc(OC)c4O[C@H]2[C@@H](N(CCCC)C(=O)C=Cc2cccc(C(F)(F)F)c2)CC[C@@]3(O)[C@H]1C5. The van der Waals surface area contributed by atoms with Gasteiger partial charge in [0.1, 0.15) is 6.10 Å². The van der Waals surface area contributed by atoms with Crippen LogP contribution >= 0.6 is 0 Å². The van der Waals surface area contributed by atoms with Crippen LogP contribution in [0.5, 0.6) is 11.5 Å². The van der Waals surface area contributed by atoms with Crippen molar-refractivity contribution >= 4 is 12.0 Å². The molecule has 2 aliphatic heterocycles. The van der Waals surface area contributed by atoms with E-state index in [-0.39, 0.29) is 18.0 Å². The van der Waals surface area contributed by atoms with Crippen molar-refractivity contribution in [3.05, 3.63) is 77.4 Å². The molecule has 43 heavy (non-hydrogen) atoms. The van der Waals surface area contributed by atoms with Gasteiger partial charge in [-0.25, -0.2) is 0 Å². The molecule has 2 aliphatic carbocycles. The Balaban J connectivity index is 1.39. The van der Waals surface area contributed by atoms with Gasteiger partial charge in [-0.15, -0.1) is 6.58 Å². The summed E-state index contributed by atoms with van der Waals surface area (Å²) >= 11 is 0. The molecule has 4 aliphatic rings. The number of unbranched alkanes of at least 4 members (excludes halogenated alkanes) is 1. The van der Waals surface area contributed by atoms with E-state index in [2.05, 4.69) is 24.5 Å². The van der Waals surface area contributed by atoms with Gasteiger partial charge in [-0.05, 0) is 74.1 Å². The van der Waals surface area contributed by atoms with Crippen LogP contribution in [0.3, 0.4) is 0 Å². The zero-order chi connectivity index (χ0) is 30.6. The van der Waals surface area contributed by atoms with Gasteiger partial charge >= 0.3 is 6.18 Å². The minimum absolute atomic E-state index is 0.112. The summed E-state index contributed by atoms with van der Waals surface area (Å²) in [4.78, 5) is 18.0. The predicted molar refractivity (Wildman–Crippen MR) is 158 cm³/mol. The monoisotopic (exact) mass is 596 g/mol. The number of piperidine rings is 1. The standard InChI is InChI=1S/C34H39F3N2O4/c1-4-6-18-39(28(40)13-10-22-8-7-9-24(20-22)34(35,36)37)25-14-15-33(41)27-21-23-11-12-26(42-3)30-29(23)32(33,31(25)43-30)16-19-38(27)17-5-2/h5,7-13,20,25,27,31,41H,2,4,6,14-19,21H2,1,3H3/t25-,27+,31-,32-,33+/m0/s1. The highest BCUT2D eigenvalue weighted by Crippen LogP contribution is 2.66. The van der Waals surface area contributed by atoms with Crippen molar-refractivity contribution < 1.29 is 32.5 Å². The second-order valence-corrected chi connectivity index (χ2v) is 12.3. The van der Waals surface area contributed by atoms with Crippen molar-refractivity contribution in [2.24, 2.45) is 0 Å². The van der Waals surface area contributed by atoms with Crippen molar-refractivity contribution in [2.45, 2.75) is 80.8 Å². The number of benzene rings is 2. The smallest absolute Gasteiger partial charge is 0.416 e. The molecule has 2 aromatic carbocycles. The lowest BCUT2D eigenvalue weighted by Gasteiger charge is -2.64. The Morgan fingerprint density at radius 1 is 1.28 bits per heavy atom. The molecule has 6 nitrogen and oxygen atoms in total. The zero-order valence-electron chi connectivity index (χ0n) is 24.7. The van der Waals surface area contributed by atoms with Gasteiger partial charge in [0.15, 0.2) is 11.5 Å². The fraction of sp³-hybridized carbons (Fsp3) is 0.500. The quantitative estimate of drug-likeness (QED) is 0.295. The van der Waals surface area contributed by atoms with Gasteiger partial charge in [0.05, 0.1) is 29.7 Å². The number of carbonyl (C=O) groups excluding carboxylic acids is 1. The van der Waals surface area contributed by atoms with Crippen LogP contribution in [0.4, 0.5) is 13.2 Å². The Morgan fingerprint density at radius 2 is 2.09 bits per heavy atom. The lowest BCUT2D eigenvalue weighted by Crippen LogP contribution is -2.78. The lowest BCUT2D eigenvalue weighted by molar-refractivity contribution is -0.199. The molecule has 230 valence electrons. The first-order valence-corrected chi connectivity index (χ1v) is 15.2. The van der Waals surface area contributed by atoms with Crippen molar-refractivity contribution in [3.8, 4) is 11.5 Å². The summed E-state index contributed by atoms with van der Waals surface area (Å²) in [5.41, 5.74) is -0.0799. The maximum atomic E-state index is 13.9. The zero-order valence-corrected chi connectivity index (χ0v) is 24.7. The van der Waals surface area contributed by atoms with Crippen molar-refractivity contribution in [2.75, 3.05) is 26.7 Å². The summed E-state index contributed by atoms with van der Waals surface area (Å²) in [6, 6.07) is 8.52. The molecule has 2 aromatic rings. The van der Waals surface area contributed by atoms with E-state index >= 15 is 0 Å². The Labute approximate surface area is 250 Å².